The molecule has 7 heteroatoms. The van der Waals surface area contributed by atoms with Crippen molar-refractivity contribution in [3.8, 4) is 0 Å². The van der Waals surface area contributed by atoms with Gasteiger partial charge in [0, 0.05) is 12.6 Å². The lowest BCUT2D eigenvalue weighted by atomic mass is 10.2. The van der Waals surface area contributed by atoms with E-state index in [0.29, 0.717) is 17.5 Å². The monoisotopic (exact) mass is 320 g/mol. The van der Waals surface area contributed by atoms with Gasteiger partial charge in [-0.05, 0) is 31.5 Å². The number of benzene rings is 1. The Labute approximate surface area is 130 Å². The molecule has 1 aromatic heterocycles. The zero-order valence-corrected chi connectivity index (χ0v) is 13.2. The highest BCUT2D eigenvalue weighted by Crippen LogP contribution is 2.19. The topological polar surface area (TPSA) is 68.1 Å². The van der Waals surface area contributed by atoms with E-state index in [9.17, 15) is 8.42 Å². The summed E-state index contributed by atoms with van der Waals surface area (Å²) in [5, 5.41) is 4.13. The first-order valence-corrected chi connectivity index (χ1v) is 9.15. The van der Waals surface area contributed by atoms with Crippen LogP contribution in [0.3, 0.4) is 0 Å². The van der Waals surface area contributed by atoms with Crippen LogP contribution in [-0.4, -0.2) is 53.0 Å². The molecule has 1 aliphatic heterocycles. The van der Waals surface area contributed by atoms with Crippen molar-refractivity contribution in [3.05, 3.63) is 43.0 Å². The first-order valence-electron chi connectivity index (χ1n) is 7.49. The molecule has 22 heavy (non-hydrogen) atoms. The largest absolute Gasteiger partial charge is 0.298 e. The predicted octanol–water partition coefficient (Wildman–Crippen LogP) is 1.22. The highest BCUT2D eigenvalue weighted by Gasteiger charge is 2.26. The Hall–Kier alpha value is -1.73. The van der Waals surface area contributed by atoms with Gasteiger partial charge in [0.25, 0.3) is 0 Å². The van der Waals surface area contributed by atoms with Crippen LogP contribution in [0, 0.1) is 0 Å². The van der Waals surface area contributed by atoms with Crippen LogP contribution in [0.25, 0.3) is 0 Å². The third kappa shape index (κ3) is 3.53. The van der Waals surface area contributed by atoms with Gasteiger partial charge in [0.05, 0.1) is 17.2 Å². The van der Waals surface area contributed by atoms with Crippen molar-refractivity contribution >= 4 is 9.84 Å². The quantitative estimate of drug-likeness (QED) is 0.800. The van der Waals surface area contributed by atoms with Gasteiger partial charge >= 0.3 is 0 Å². The predicted molar refractivity (Wildman–Crippen MR) is 83.1 cm³/mol. The molecule has 0 bridgehead atoms. The van der Waals surface area contributed by atoms with E-state index >= 15 is 0 Å². The maximum absolute atomic E-state index is 12.4. The molecule has 1 atom stereocenters. The summed E-state index contributed by atoms with van der Waals surface area (Å²) in [6.07, 6.45) is 5.41. The first-order chi connectivity index (χ1) is 10.6. The normalized spacial score (nSPS) is 19.5. The van der Waals surface area contributed by atoms with Gasteiger partial charge < -0.3 is 0 Å². The summed E-state index contributed by atoms with van der Waals surface area (Å²) >= 11 is 0. The molecule has 0 unspecified atom stereocenters. The number of aromatic nitrogens is 3. The van der Waals surface area contributed by atoms with E-state index in [4.69, 9.17) is 0 Å². The van der Waals surface area contributed by atoms with Crippen LogP contribution in [0.4, 0.5) is 0 Å². The highest BCUT2D eigenvalue weighted by atomic mass is 32.2. The molecule has 0 radical (unpaired) electrons. The number of sulfone groups is 1. The van der Waals surface area contributed by atoms with Crippen LogP contribution in [0.15, 0.2) is 47.9 Å². The Balaban J connectivity index is 1.60. The van der Waals surface area contributed by atoms with Gasteiger partial charge in [0.2, 0.25) is 0 Å². The molecular formula is C15H20N4O2S. The van der Waals surface area contributed by atoms with Crippen molar-refractivity contribution in [3.63, 3.8) is 0 Å². The molecule has 1 aromatic carbocycles. The van der Waals surface area contributed by atoms with Crippen LogP contribution in [0.5, 0.6) is 0 Å². The number of nitrogens with zero attached hydrogens (tertiary/aromatic N) is 4. The summed E-state index contributed by atoms with van der Waals surface area (Å²) in [4.78, 5) is 6.61. The van der Waals surface area contributed by atoms with E-state index in [-0.39, 0.29) is 5.75 Å². The second-order valence-electron chi connectivity index (χ2n) is 5.58. The summed E-state index contributed by atoms with van der Waals surface area (Å²) in [5.41, 5.74) is 0. The Kier molecular flexibility index (Phi) is 4.54. The van der Waals surface area contributed by atoms with E-state index in [0.717, 1.165) is 25.9 Å². The molecular weight excluding hydrogens is 300 g/mol. The number of rotatable bonds is 6. The fourth-order valence-corrected chi connectivity index (χ4v) is 4.20. The average molecular weight is 320 g/mol. The molecule has 3 rings (SSSR count). The second kappa shape index (κ2) is 6.58. The lowest BCUT2D eigenvalue weighted by Crippen LogP contribution is -2.36. The van der Waals surface area contributed by atoms with E-state index in [2.05, 4.69) is 15.0 Å². The van der Waals surface area contributed by atoms with Crippen molar-refractivity contribution < 1.29 is 8.42 Å². The average Bonchev–Trinajstić information content (AvgIpc) is 3.19. The molecule has 0 N–H and O–H groups in total. The summed E-state index contributed by atoms with van der Waals surface area (Å²) in [6, 6.07) is 9.01. The van der Waals surface area contributed by atoms with E-state index in [1.807, 2.05) is 10.7 Å². The molecule has 2 aromatic rings. The minimum Gasteiger partial charge on any atom is -0.298 e. The summed E-state index contributed by atoms with van der Waals surface area (Å²) < 4.78 is 26.5. The maximum Gasteiger partial charge on any atom is 0.179 e. The minimum atomic E-state index is -3.21. The van der Waals surface area contributed by atoms with Gasteiger partial charge in [-0.3, -0.25) is 9.58 Å². The highest BCUT2D eigenvalue weighted by molar-refractivity contribution is 7.91. The van der Waals surface area contributed by atoms with Crippen LogP contribution in [-0.2, 0) is 16.4 Å². The third-order valence-corrected chi connectivity index (χ3v) is 5.82. The molecule has 118 valence electrons. The molecule has 0 aliphatic carbocycles. The zero-order chi connectivity index (χ0) is 15.4. The van der Waals surface area contributed by atoms with Gasteiger partial charge in [-0.15, -0.1) is 0 Å². The molecule has 1 aliphatic rings. The number of hydrogen-bond acceptors (Lipinski definition) is 5. The van der Waals surface area contributed by atoms with Gasteiger partial charge in [-0.2, -0.15) is 5.10 Å². The molecule has 6 nitrogen and oxygen atoms in total. The standard InChI is InChI=1S/C15H20N4O2S/c20-22(21,15-6-2-1-3-7-15)10-9-18-8-4-5-14(18)11-19-13-16-12-17-19/h1-3,6-7,12-14H,4-5,8-11H2/t14-/m1/s1. The molecule has 0 saturated carbocycles. The smallest absolute Gasteiger partial charge is 0.179 e. The van der Waals surface area contributed by atoms with Crippen molar-refractivity contribution in [2.45, 2.75) is 30.3 Å². The Bertz CT molecular complexity index is 686. The van der Waals surface area contributed by atoms with Gasteiger partial charge in [-0.25, -0.2) is 13.4 Å². The molecule has 0 amide bonds. The number of likely N-dealkylation sites (tertiary alicyclic amines) is 1. The summed E-state index contributed by atoms with van der Waals surface area (Å²) in [7, 11) is -3.21. The van der Waals surface area contributed by atoms with Crippen LogP contribution in [0.1, 0.15) is 12.8 Å². The Morgan fingerprint density at radius 1 is 1.23 bits per heavy atom. The van der Waals surface area contributed by atoms with Gasteiger partial charge in [0.15, 0.2) is 9.84 Å². The second-order valence-corrected chi connectivity index (χ2v) is 7.69. The van der Waals surface area contributed by atoms with Crippen LogP contribution < -0.4 is 0 Å². The molecule has 0 spiro atoms. The maximum atomic E-state index is 12.4. The molecule has 1 fully saturated rings. The van der Waals surface area contributed by atoms with E-state index in [1.165, 1.54) is 6.33 Å². The molecule has 2 heterocycles. The SMILES string of the molecule is O=S(=O)(CCN1CCC[C@@H]1Cn1cncn1)c1ccccc1. The van der Waals surface area contributed by atoms with Crippen molar-refractivity contribution in [2.24, 2.45) is 0 Å². The van der Waals surface area contributed by atoms with Crippen molar-refractivity contribution in [2.75, 3.05) is 18.8 Å². The van der Waals surface area contributed by atoms with Crippen molar-refractivity contribution in [1.82, 2.24) is 19.7 Å². The lowest BCUT2D eigenvalue weighted by molar-refractivity contribution is 0.239. The first kappa shape index (κ1) is 15.2. The fourth-order valence-electron chi connectivity index (χ4n) is 2.92. The lowest BCUT2D eigenvalue weighted by Gasteiger charge is -2.24. The number of hydrogen-bond donors (Lipinski definition) is 0. The Morgan fingerprint density at radius 3 is 2.77 bits per heavy atom. The Morgan fingerprint density at radius 2 is 2.05 bits per heavy atom. The van der Waals surface area contributed by atoms with E-state index < -0.39 is 9.84 Å². The fraction of sp³-hybridized carbons (Fsp3) is 0.467. The zero-order valence-electron chi connectivity index (χ0n) is 12.4. The molecule has 1 saturated heterocycles. The summed E-state index contributed by atoms with van der Waals surface area (Å²) in [6.45, 7) is 2.28. The van der Waals surface area contributed by atoms with E-state index in [1.54, 1.807) is 30.6 Å². The third-order valence-electron chi connectivity index (χ3n) is 4.11. The van der Waals surface area contributed by atoms with Crippen molar-refractivity contribution in [1.29, 1.82) is 0 Å². The van der Waals surface area contributed by atoms with Gasteiger partial charge in [-0.1, -0.05) is 18.2 Å². The van der Waals surface area contributed by atoms with Crippen LogP contribution >= 0.6 is 0 Å². The summed E-state index contributed by atoms with van der Waals surface area (Å²) in [5.74, 6) is 0.158. The minimum absolute atomic E-state index is 0.158. The van der Waals surface area contributed by atoms with Crippen LogP contribution in [0.2, 0.25) is 0 Å². The van der Waals surface area contributed by atoms with Gasteiger partial charge in [0.1, 0.15) is 12.7 Å².